The number of hydrogen-bond donors (Lipinski definition) is 5. The van der Waals surface area contributed by atoms with Gasteiger partial charge in [0.2, 0.25) is 17.8 Å². The number of unbranched alkanes of at least 4 members (excludes halogenated alkanes) is 1. The number of hydrogen-bond acceptors (Lipinski definition) is 10. The Kier molecular flexibility index (Phi) is 14.0. The largest absolute Gasteiger partial charge is 0.377 e. The molecule has 188 valence electrons. The molecule has 0 fully saturated rings. The summed E-state index contributed by atoms with van der Waals surface area (Å²) in [5.41, 5.74) is 6.19. The number of rotatable bonds is 19. The molecule has 1 heterocycles. The van der Waals surface area contributed by atoms with Crippen molar-refractivity contribution in [1.82, 2.24) is 20.3 Å². The summed E-state index contributed by atoms with van der Waals surface area (Å²) in [4.78, 5) is 25.1. The fraction of sp³-hybridized carbons (Fsp3) is 0.565. The minimum atomic E-state index is -0.105. The molecule has 11 heteroatoms. The first-order valence-corrected chi connectivity index (χ1v) is 11.9. The van der Waals surface area contributed by atoms with Crippen LogP contribution in [-0.2, 0) is 9.47 Å². The first-order chi connectivity index (χ1) is 16.7. The van der Waals surface area contributed by atoms with Crippen LogP contribution in [0.3, 0.4) is 0 Å². The normalized spacial score (nSPS) is 10.6. The lowest BCUT2D eigenvalue weighted by Gasteiger charge is -2.11. The maximum absolute atomic E-state index is 11.9. The summed E-state index contributed by atoms with van der Waals surface area (Å²) in [5, 5.41) is 12.4. The van der Waals surface area contributed by atoms with Crippen molar-refractivity contribution >= 4 is 23.8 Å². The van der Waals surface area contributed by atoms with Crippen LogP contribution in [0.2, 0.25) is 0 Å². The summed E-state index contributed by atoms with van der Waals surface area (Å²) in [6, 6.07) is 9.10. The highest BCUT2D eigenvalue weighted by Crippen LogP contribution is 2.09. The quantitative estimate of drug-likeness (QED) is 0.191. The van der Waals surface area contributed by atoms with E-state index in [0.717, 1.165) is 25.8 Å². The highest BCUT2D eigenvalue weighted by atomic mass is 16.5. The molecule has 2 aromatic rings. The molecule has 2 rings (SSSR count). The molecule has 0 radical (unpaired) electrons. The zero-order valence-electron chi connectivity index (χ0n) is 20.0. The average Bonchev–Trinajstić information content (AvgIpc) is 2.86. The molecule has 0 bridgehead atoms. The molecule has 0 saturated heterocycles. The van der Waals surface area contributed by atoms with Crippen LogP contribution in [0.1, 0.15) is 36.5 Å². The molecule has 0 unspecified atom stereocenters. The number of benzene rings is 1. The summed E-state index contributed by atoms with van der Waals surface area (Å²) in [7, 11) is 0. The molecule has 1 aromatic carbocycles. The van der Waals surface area contributed by atoms with Crippen molar-refractivity contribution in [1.29, 1.82) is 0 Å². The number of nitrogens with one attached hydrogen (secondary N) is 4. The predicted molar refractivity (Wildman–Crippen MR) is 134 cm³/mol. The second-order valence-electron chi connectivity index (χ2n) is 7.43. The number of nitrogens with zero attached hydrogens (tertiary/aromatic N) is 3. The van der Waals surface area contributed by atoms with E-state index >= 15 is 0 Å². The van der Waals surface area contributed by atoms with E-state index in [2.05, 4.69) is 43.1 Å². The molecule has 0 aliphatic heterocycles. The average molecular weight is 475 g/mol. The minimum absolute atomic E-state index is 0.105. The second kappa shape index (κ2) is 17.5. The van der Waals surface area contributed by atoms with Gasteiger partial charge in [-0.2, -0.15) is 15.0 Å². The predicted octanol–water partition coefficient (Wildman–Crippen LogP) is 1.72. The SMILES string of the molecule is CCCCNc1nc(NCCCN)nc(NCCOCCOCCNC(=O)c2ccccc2)n1. The van der Waals surface area contributed by atoms with E-state index in [1.165, 1.54) is 0 Å². The lowest BCUT2D eigenvalue weighted by molar-refractivity contribution is 0.0519. The van der Waals surface area contributed by atoms with Crippen LogP contribution in [-0.4, -0.2) is 80.0 Å². The summed E-state index contributed by atoms with van der Waals surface area (Å²) in [5.74, 6) is 1.43. The van der Waals surface area contributed by atoms with E-state index in [-0.39, 0.29) is 5.91 Å². The number of amides is 1. The number of carbonyl (C=O) groups excluding carboxylic acids is 1. The van der Waals surface area contributed by atoms with Gasteiger partial charge in [-0.3, -0.25) is 4.79 Å². The van der Waals surface area contributed by atoms with Crippen molar-refractivity contribution in [2.45, 2.75) is 26.2 Å². The van der Waals surface area contributed by atoms with Gasteiger partial charge in [0.25, 0.3) is 5.91 Å². The molecule has 34 heavy (non-hydrogen) atoms. The van der Waals surface area contributed by atoms with Crippen LogP contribution in [0, 0.1) is 0 Å². The Morgan fingerprint density at radius 3 is 1.94 bits per heavy atom. The van der Waals surface area contributed by atoms with Crippen LogP contribution < -0.4 is 27.0 Å². The lowest BCUT2D eigenvalue weighted by atomic mass is 10.2. The topological polar surface area (TPSA) is 148 Å². The third-order valence-electron chi connectivity index (χ3n) is 4.58. The number of nitrogens with two attached hydrogens (primary N) is 1. The van der Waals surface area contributed by atoms with Gasteiger partial charge in [0, 0.05) is 31.7 Å². The minimum Gasteiger partial charge on any atom is -0.377 e. The highest BCUT2D eigenvalue weighted by Gasteiger charge is 2.06. The maximum Gasteiger partial charge on any atom is 0.251 e. The van der Waals surface area contributed by atoms with Gasteiger partial charge in [-0.05, 0) is 31.5 Å². The van der Waals surface area contributed by atoms with Gasteiger partial charge < -0.3 is 36.5 Å². The van der Waals surface area contributed by atoms with Crippen LogP contribution in [0.5, 0.6) is 0 Å². The van der Waals surface area contributed by atoms with E-state index in [1.54, 1.807) is 12.1 Å². The fourth-order valence-corrected chi connectivity index (χ4v) is 2.78. The summed E-state index contributed by atoms with van der Waals surface area (Å²) < 4.78 is 11.1. The molecule has 0 atom stereocenters. The smallest absolute Gasteiger partial charge is 0.251 e. The van der Waals surface area contributed by atoms with E-state index in [1.807, 2.05) is 18.2 Å². The first kappa shape index (κ1) is 27.2. The van der Waals surface area contributed by atoms with Crippen molar-refractivity contribution in [3.05, 3.63) is 35.9 Å². The van der Waals surface area contributed by atoms with E-state index in [9.17, 15) is 4.79 Å². The molecule has 0 spiro atoms. The third-order valence-corrected chi connectivity index (χ3v) is 4.58. The van der Waals surface area contributed by atoms with Gasteiger partial charge in [-0.1, -0.05) is 31.5 Å². The summed E-state index contributed by atoms with van der Waals surface area (Å²) in [6.07, 6.45) is 2.97. The second-order valence-corrected chi connectivity index (χ2v) is 7.43. The van der Waals surface area contributed by atoms with E-state index < -0.39 is 0 Å². The Labute approximate surface area is 201 Å². The lowest BCUT2D eigenvalue weighted by Crippen LogP contribution is -2.27. The Bertz CT molecular complexity index is 782. The third kappa shape index (κ3) is 11.7. The number of carbonyl (C=O) groups is 1. The van der Waals surface area contributed by atoms with Crippen molar-refractivity contribution in [3.63, 3.8) is 0 Å². The summed E-state index contributed by atoms with van der Waals surface area (Å²) in [6.45, 7) is 7.07. The van der Waals surface area contributed by atoms with Crippen LogP contribution in [0.25, 0.3) is 0 Å². The zero-order chi connectivity index (χ0) is 24.3. The monoisotopic (exact) mass is 474 g/mol. The summed E-state index contributed by atoms with van der Waals surface area (Å²) >= 11 is 0. The standard InChI is InChI=1S/C23H38N8O3/c1-2-3-11-26-21-29-22(27-12-7-10-24)31-23(30-21)28-14-16-34-18-17-33-15-13-25-20(32)19-8-5-4-6-9-19/h4-6,8-9H,2-3,7,10-18,24H2,1H3,(H,25,32)(H3,26,27,28,29,30,31). The Hall–Kier alpha value is -3.02. The van der Waals surface area contributed by atoms with Gasteiger partial charge in [-0.15, -0.1) is 0 Å². The van der Waals surface area contributed by atoms with Crippen molar-refractivity contribution < 1.29 is 14.3 Å². The van der Waals surface area contributed by atoms with E-state index in [4.69, 9.17) is 15.2 Å². The number of aromatic nitrogens is 3. The van der Waals surface area contributed by atoms with Gasteiger partial charge in [0.05, 0.1) is 26.4 Å². The van der Waals surface area contributed by atoms with Crippen molar-refractivity contribution in [3.8, 4) is 0 Å². The molecule has 6 N–H and O–H groups in total. The van der Waals surface area contributed by atoms with Gasteiger partial charge in [0.15, 0.2) is 0 Å². The van der Waals surface area contributed by atoms with Crippen LogP contribution in [0.15, 0.2) is 30.3 Å². The number of ether oxygens (including phenoxy) is 2. The molecular weight excluding hydrogens is 436 g/mol. The van der Waals surface area contributed by atoms with Crippen molar-refractivity contribution in [2.75, 3.05) is 75.1 Å². The van der Waals surface area contributed by atoms with Gasteiger partial charge >= 0.3 is 0 Å². The first-order valence-electron chi connectivity index (χ1n) is 11.9. The van der Waals surface area contributed by atoms with Crippen LogP contribution in [0.4, 0.5) is 17.8 Å². The molecule has 0 aliphatic carbocycles. The molecule has 0 aliphatic rings. The zero-order valence-corrected chi connectivity index (χ0v) is 20.0. The van der Waals surface area contributed by atoms with Crippen molar-refractivity contribution in [2.24, 2.45) is 5.73 Å². The molecule has 1 amide bonds. The number of anilines is 3. The molecule has 0 saturated carbocycles. The van der Waals surface area contributed by atoms with E-state index in [0.29, 0.717) is 76.0 Å². The Balaban J connectivity index is 1.58. The fourth-order valence-electron chi connectivity index (χ4n) is 2.78. The van der Waals surface area contributed by atoms with Gasteiger partial charge in [-0.25, -0.2) is 0 Å². The van der Waals surface area contributed by atoms with Gasteiger partial charge in [0.1, 0.15) is 0 Å². The van der Waals surface area contributed by atoms with Crippen LogP contribution >= 0.6 is 0 Å². The Morgan fingerprint density at radius 2 is 1.35 bits per heavy atom. The molecule has 11 nitrogen and oxygen atoms in total. The maximum atomic E-state index is 11.9. The molecular formula is C23H38N8O3. The Morgan fingerprint density at radius 1 is 0.794 bits per heavy atom. The highest BCUT2D eigenvalue weighted by molar-refractivity contribution is 5.94. The molecule has 1 aromatic heterocycles.